The molecule has 0 radical (unpaired) electrons. The van der Waals surface area contributed by atoms with Gasteiger partial charge in [0.05, 0.1) is 6.33 Å². The number of hydrogen-bond donors (Lipinski definition) is 2. The van der Waals surface area contributed by atoms with Gasteiger partial charge in [-0.2, -0.15) is 0 Å². The number of halogens is 1. The average Bonchev–Trinajstić information content (AvgIpc) is 2.38. The van der Waals surface area contributed by atoms with Gasteiger partial charge in [-0.25, -0.2) is 4.98 Å². The van der Waals surface area contributed by atoms with Gasteiger partial charge in [-0.3, -0.25) is 0 Å². The van der Waals surface area contributed by atoms with Crippen molar-refractivity contribution in [3.05, 3.63) is 18.2 Å². The first-order chi connectivity index (χ1) is 4.67. The van der Waals surface area contributed by atoms with E-state index in [1.165, 1.54) is 0 Å². The molecule has 1 heterocycles. The van der Waals surface area contributed by atoms with Gasteiger partial charge in [0.25, 0.3) is 0 Å². The molecule has 3 nitrogen and oxygen atoms in total. The smallest absolute Gasteiger partial charge is 0.0921 e. The molecule has 0 saturated carbocycles. The van der Waals surface area contributed by atoms with Crippen molar-refractivity contribution in [2.24, 2.45) is 5.73 Å². The molecule has 0 aliphatic rings. The number of aromatic amines is 1. The Kier molecular flexibility index (Phi) is 3.55. The number of nitrogens with two attached hydrogens (primary N) is 1. The number of aromatic nitrogens is 2. The monoisotopic (exact) mass is 175 g/mol. The largest absolute Gasteiger partial charge is 0.348 e. The highest BCUT2D eigenvalue weighted by Gasteiger charge is 2.18. The molecule has 0 fully saturated rings. The van der Waals surface area contributed by atoms with Gasteiger partial charge < -0.3 is 10.7 Å². The molecule has 0 aromatic carbocycles. The molecule has 3 N–H and O–H groups in total. The van der Waals surface area contributed by atoms with Crippen LogP contribution in [0, 0.1) is 0 Å². The van der Waals surface area contributed by atoms with E-state index in [9.17, 15) is 0 Å². The number of hydrogen-bond acceptors (Lipinski definition) is 2. The van der Waals surface area contributed by atoms with Crippen molar-refractivity contribution in [3.63, 3.8) is 0 Å². The van der Waals surface area contributed by atoms with Crippen LogP contribution in [0.2, 0.25) is 0 Å². The zero-order valence-corrected chi connectivity index (χ0v) is 7.61. The standard InChI is InChI=1S/C7H13N3.ClH/c1-7(2,4-8)6-3-9-5-10-6;/h3,5H,4,8H2,1-2H3,(H,9,10);1H. The summed E-state index contributed by atoms with van der Waals surface area (Å²) < 4.78 is 0. The predicted molar refractivity (Wildman–Crippen MR) is 47.9 cm³/mol. The maximum Gasteiger partial charge on any atom is 0.0921 e. The minimum atomic E-state index is 0. The third-order valence-electron chi connectivity index (χ3n) is 1.74. The van der Waals surface area contributed by atoms with Crippen LogP contribution < -0.4 is 5.73 Å². The minimum Gasteiger partial charge on any atom is -0.348 e. The normalized spacial score (nSPS) is 10.8. The van der Waals surface area contributed by atoms with Gasteiger partial charge in [0, 0.05) is 23.9 Å². The summed E-state index contributed by atoms with van der Waals surface area (Å²) in [4.78, 5) is 6.96. The van der Waals surface area contributed by atoms with E-state index < -0.39 is 0 Å². The molecule has 11 heavy (non-hydrogen) atoms. The van der Waals surface area contributed by atoms with Crippen LogP contribution in [0.1, 0.15) is 19.5 Å². The van der Waals surface area contributed by atoms with Gasteiger partial charge >= 0.3 is 0 Å². The van der Waals surface area contributed by atoms with Crippen molar-refractivity contribution in [3.8, 4) is 0 Å². The highest BCUT2D eigenvalue weighted by atomic mass is 35.5. The van der Waals surface area contributed by atoms with Crippen LogP contribution in [0.15, 0.2) is 12.5 Å². The predicted octanol–water partition coefficient (Wildman–Crippen LogP) is 1.07. The van der Waals surface area contributed by atoms with Crippen molar-refractivity contribution >= 4 is 12.4 Å². The molecule has 1 aromatic rings. The molecule has 0 aliphatic heterocycles. The second-order valence-corrected chi connectivity index (χ2v) is 3.05. The van der Waals surface area contributed by atoms with E-state index >= 15 is 0 Å². The molecule has 0 amide bonds. The maximum absolute atomic E-state index is 5.55. The highest BCUT2D eigenvalue weighted by molar-refractivity contribution is 5.85. The Morgan fingerprint density at radius 1 is 1.64 bits per heavy atom. The molecule has 0 atom stereocenters. The van der Waals surface area contributed by atoms with Crippen LogP contribution in [-0.4, -0.2) is 16.5 Å². The van der Waals surface area contributed by atoms with E-state index in [-0.39, 0.29) is 17.8 Å². The summed E-state index contributed by atoms with van der Waals surface area (Å²) in [5.41, 5.74) is 6.67. The fourth-order valence-corrected chi connectivity index (χ4v) is 0.736. The molecular weight excluding hydrogens is 162 g/mol. The maximum atomic E-state index is 5.55. The van der Waals surface area contributed by atoms with Crippen LogP contribution in [0.3, 0.4) is 0 Å². The zero-order valence-electron chi connectivity index (χ0n) is 6.79. The Labute approximate surface area is 72.8 Å². The van der Waals surface area contributed by atoms with Crippen LogP contribution in [0.4, 0.5) is 0 Å². The third-order valence-corrected chi connectivity index (χ3v) is 1.74. The Morgan fingerprint density at radius 3 is 2.64 bits per heavy atom. The summed E-state index contributed by atoms with van der Waals surface area (Å²) in [6.07, 6.45) is 3.49. The van der Waals surface area contributed by atoms with Crippen molar-refractivity contribution in [2.75, 3.05) is 6.54 Å². The Bertz CT molecular complexity index is 193. The molecule has 1 rings (SSSR count). The molecule has 0 spiro atoms. The first-order valence-electron chi connectivity index (χ1n) is 3.36. The Balaban J connectivity index is 0.000001000. The Hall–Kier alpha value is -0.540. The summed E-state index contributed by atoms with van der Waals surface area (Å²) in [6.45, 7) is 4.80. The molecule has 0 bridgehead atoms. The Morgan fingerprint density at radius 2 is 2.27 bits per heavy atom. The molecule has 4 heteroatoms. The first-order valence-corrected chi connectivity index (χ1v) is 3.36. The van der Waals surface area contributed by atoms with Crippen molar-refractivity contribution < 1.29 is 0 Å². The van der Waals surface area contributed by atoms with Crippen LogP contribution >= 0.6 is 12.4 Å². The van der Waals surface area contributed by atoms with Gasteiger partial charge in [0.2, 0.25) is 0 Å². The molecular formula is C7H14ClN3. The summed E-state index contributed by atoms with van der Waals surface area (Å²) in [6, 6.07) is 0. The summed E-state index contributed by atoms with van der Waals surface area (Å²) in [5.74, 6) is 0. The second kappa shape index (κ2) is 3.74. The lowest BCUT2D eigenvalue weighted by Gasteiger charge is -2.19. The lowest BCUT2D eigenvalue weighted by Crippen LogP contribution is -2.28. The molecule has 0 saturated heterocycles. The number of nitrogens with one attached hydrogen (secondary N) is 1. The topological polar surface area (TPSA) is 54.7 Å². The zero-order chi connectivity index (χ0) is 7.61. The third kappa shape index (κ3) is 2.20. The highest BCUT2D eigenvalue weighted by Crippen LogP contribution is 2.17. The van der Waals surface area contributed by atoms with E-state index in [1.54, 1.807) is 6.33 Å². The van der Waals surface area contributed by atoms with Crippen molar-refractivity contribution in [1.82, 2.24) is 9.97 Å². The fourth-order valence-electron chi connectivity index (χ4n) is 0.736. The number of rotatable bonds is 2. The lowest BCUT2D eigenvalue weighted by molar-refractivity contribution is 0.524. The van der Waals surface area contributed by atoms with Crippen molar-refractivity contribution in [2.45, 2.75) is 19.3 Å². The van der Waals surface area contributed by atoms with E-state index in [1.807, 2.05) is 6.20 Å². The van der Waals surface area contributed by atoms with Gasteiger partial charge in [-0.15, -0.1) is 12.4 Å². The van der Waals surface area contributed by atoms with Crippen LogP contribution in [0.25, 0.3) is 0 Å². The fraction of sp³-hybridized carbons (Fsp3) is 0.571. The van der Waals surface area contributed by atoms with Gasteiger partial charge in [-0.1, -0.05) is 13.8 Å². The molecule has 64 valence electrons. The van der Waals surface area contributed by atoms with E-state index in [0.29, 0.717) is 6.54 Å². The minimum absolute atomic E-state index is 0. The van der Waals surface area contributed by atoms with E-state index in [0.717, 1.165) is 5.69 Å². The van der Waals surface area contributed by atoms with Gasteiger partial charge in [0.1, 0.15) is 0 Å². The van der Waals surface area contributed by atoms with Crippen molar-refractivity contribution in [1.29, 1.82) is 0 Å². The number of H-pyrrole nitrogens is 1. The quantitative estimate of drug-likeness (QED) is 0.707. The second-order valence-electron chi connectivity index (χ2n) is 3.05. The SMILES string of the molecule is CC(C)(CN)c1cnc[nH]1.Cl. The molecule has 0 aliphatic carbocycles. The van der Waals surface area contributed by atoms with Crippen LogP contribution in [-0.2, 0) is 5.41 Å². The molecule has 1 aromatic heterocycles. The number of nitrogens with zero attached hydrogens (tertiary/aromatic N) is 1. The summed E-state index contributed by atoms with van der Waals surface area (Å²) in [7, 11) is 0. The van der Waals surface area contributed by atoms with Gasteiger partial charge in [-0.05, 0) is 0 Å². The summed E-state index contributed by atoms with van der Waals surface area (Å²) in [5, 5.41) is 0. The lowest BCUT2D eigenvalue weighted by atomic mass is 9.90. The van der Waals surface area contributed by atoms with E-state index in [4.69, 9.17) is 5.73 Å². The molecule has 0 unspecified atom stereocenters. The van der Waals surface area contributed by atoms with Gasteiger partial charge in [0.15, 0.2) is 0 Å². The van der Waals surface area contributed by atoms with E-state index in [2.05, 4.69) is 23.8 Å². The van der Waals surface area contributed by atoms with Crippen LogP contribution in [0.5, 0.6) is 0 Å². The first kappa shape index (κ1) is 10.5. The number of imidazole rings is 1. The average molecular weight is 176 g/mol. The summed E-state index contributed by atoms with van der Waals surface area (Å²) >= 11 is 0.